The van der Waals surface area contributed by atoms with Gasteiger partial charge in [0, 0.05) is 25.0 Å². The Morgan fingerprint density at radius 3 is 2.47 bits per heavy atom. The summed E-state index contributed by atoms with van der Waals surface area (Å²) in [5, 5.41) is 0. The number of alkyl halides is 2. The number of rotatable bonds is 1. The maximum Gasteiger partial charge on any atom is 0.410 e. The average molecular weight is 250 g/mol. The van der Waals surface area contributed by atoms with Gasteiger partial charge in [-0.3, -0.25) is 0 Å². The van der Waals surface area contributed by atoms with E-state index in [1.165, 1.54) is 4.90 Å². The fraction of sp³-hybridized carbons (Fsp3) is 0.909. The molecule has 0 aromatic carbocycles. The molecule has 0 radical (unpaired) electrons. The average Bonchev–Trinajstić information content (AvgIpc) is 2.14. The third kappa shape index (κ3) is 4.11. The van der Waals surface area contributed by atoms with Crippen LogP contribution in [0.4, 0.5) is 13.6 Å². The minimum atomic E-state index is -2.43. The predicted molar refractivity (Wildman–Crippen MR) is 59.9 cm³/mol. The van der Waals surface area contributed by atoms with E-state index in [1.807, 2.05) is 0 Å². The van der Waals surface area contributed by atoms with Crippen LogP contribution in [0.15, 0.2) is 0 Å². The molecule has 6 heteroatoms. The van der Waals surface area contributed by atoms with Crippen molar-refractivity contribution in [2.45, 2.75) is 45.3 Å². The topological polar surface area (TPSA) is 55.6 Å². The van der Waals surface area contributed by atoms with Gasteiger partial charge in [-0.05, 0) is 27.2 Å². The van der Waals surface area contributed by atoms with Crippen LogP contribution in [0, 0.1) is 5.92 Å². The Morgan fingerprint density at radius 2 is 2.06 bits per heavy atom. The minimum Gasteiger partial charge on any atom is -0.444 e. The van der Waals surface area contributed by atoms with Crippen LogP contribution in [-0.2, 0) is 4.74 Å². The lowest BCUT2D eigenvalue weighted by atomic mass is 9.93. The molecule has 1 heterocycles. The van der Waals surface area contributed by atoms with Gasteiger partial charge in [0.05, 0.1) is 0 Å². The smallest absolute Gasteiger partial charge is 0.410 e. The quantitative estimate of drug-likeness (QED) is 0.772. The predicted octanol–water partition coefficient (Wildman–Crippen LogP) is 1.84. The van der Waals surface area contributed by atoms with E-state index >= 15 is 0 Å². The Kier molecular flexibility index (Phi) is 4.30. The Morgan fingerprint density at radius 1 is 1.47 bits per heavy atom. The first kappa shape index (κ1) is 14.2. The Bertz CT molecular complexity index is 279. The molecule has 1 rings (SSSR count). The third-order valence-electron chi connectivity index (χ3n) is 2.69. The highest BCUT2D eigenvalue weighted by Gasteiger charge is 2.35. The van der Waals surface area contributed by atoms with Gasteiger partial charge in [-0.2, -0.15) is 0 Å². The lowest BCUT2D eigenvalue weighted by Crippen LogP contribution is -2.53. The fourth-order valence-corrected chi connectivity index (χ4v) is 1.81. The molecule has 4 nitrogen and oxygen atoms in total. The van der Waals surface area contributed by atoms with Crippen molar-refractivity contribution >= 4 is 6.09 Å². The largest absolute Gasteiger partial charge is 0.444 e. The number of nitrogens with two attached hydrogens (primary N) is 1. The van der Waals surface area contributed by atoms with Crippen molar-refractivity contribution in [1.29, 1.82) is 0 Å². The van der Waals surface area contributed by atoms with E-state index in [9.17, 15) is 13.6 Å². The molecule has 0 aromatic heterocycles. The van der Waals surface area contributed by atoms with Crippen LogP contribution in [0.1, 0.15) is 27.2 Å². The van der Waals surface area contributed by atoms with Crippen LogP contribution in [0.25, 0.3) is 0 Å². The highest BCUT2D eigenvalue weighted by Crippen LogP contribution is 2.24. The number of nitrogens with zero attached hydrogens (tertiary/aromatic N) is 1. The highest BCUT2D eigenvalue weighted by atomic mass is 19.3. The molecule has 2 unspecified atom stereocenters. The van der Waals surface area contributed by atoms with Crippen molar-refractivity contribution in [3.63, 3.8) is 0 Å². The number of hydrogen-bond acceptors (Lipinski definition) is 3. The molecule has 0 spiro atoms. The second-order valence-electron chi connectivity index (χ2n) is 5.38. The first-order chi connectivity index (χ1) is 7.70. The monoisotopic (exact) mass is 250 g/mol. The molecule has 100 valence electrons. The first-order valence-corrected chi connectivity index (χ1v) is 5.72. The Balaban J connectivity index is 2.52. The van der Waals surface area contributed by atoms with E-state index in [1.54, 1.807) is 20.8 Å². The van der Waals surface area contributed by atoms with Crippen LogP contribution < -0.4 is 5.73 Å². The first-order valence-electron chi connectivity index (χ1n) is 5.72. The third-order valence-corrected chi connectivity index (χ3v) is 2.69. The van der Waals surface area contributed by atoms with Gasteiger partial charge < -0.3 is 15.4 Å². The summed E-state index contributed by atoms with van der Waals surface area (Å²) in [6.45, 7) is 5.69. The molecule has 1 saturated heterocycles. The molecule has 0 saturated carbocycles. The summed E-state index contributed by atoms with van der Waals surface area (Å²) in [5.74, 6) is -0.825. The van der Waals surface area contributed by atoms with Crippen LogP contribution in [0.5, 0.6) is 0 Å². The van der Waals surface area contributed by atoms with Crippen LogP contribution in [-0.4, -0.2) is 42.2 Å². The summed E-state index contributed by atoms with van der Waals surface area (Å²) in [6.07, 6.45) is -2.69. The lowest BCUT2D eigenvalue weighted by molar-refractivity contribution is -0.00531. The summed E-state index contributed by atoms with van der Waals surface area (Å²) < 4.78 is 30.3. The molecular formula is C11H20F2N2O2. The molecule has 0 aliphatic carbocycles. The molecule has 2 N–H and O–H groups in total. The summed E-state index contributed by atoms with van der Waals surface area (Å²) >= 11 is 0. The highest BCUT2D eigenvalue weighted by molar-refractivity contribution is 5.68. The summed E-state index contributed by atoms with van der Waals surface area (Å²) in [7, 11) is 0. The number of amides is 1. The van der Waals surface area contributed by atoms with Crippen LogP contribution in [0.2, 0.25) is 0 Å². The molecule has 1 amide bonds. The molecule has 2 atom stereocenters. The zero-order chi connectivity index (χ0) is 13.2. The summed E-state index contributed by atoms with van der Waals surface area (Å²) in [4.78, 5) is 13.1. The number of carbonyl (C=O) groups is 1. The number of hydrogen-bond donors (Lipinski definition) is 1. The normalized spacial score (nSPS) is 26.2. The molecular weight excluding hydrogens is 230 g/mol. The van der Waals surface area contributed by atoms with Gasteiger partial charge in [-0.1, -0.05) is 0 Å². The molecule has 0 bridgehead atoms. The number of ether oxygens (including phenoxy) is 1. The second kappa shape index (κ2) is 5.16. The zero-order valence-corrected chi connectivity index (χ0v) is 10.5. The Labute approximate surface area is 100 Å². The number of piperidine rings is 1. The van der Waals surface area contributed by atoms with Crippen molar-refractivity contribution in [2.75, 3.05) is 13.1 Å². The Hall–Kier alpha value is -0.910. The maximum absolute atomic E-state index is 12.6. The van der Waals surface area contributed by atoms with Crippen molar-refractivity contribution in [2.24, 2.45) is 11.7 Å². The molecule has 1 aliphatic heterocycles. The van der Waals surface area contributed by atoms with Crippen molar-refractivity contribution in [3.8, 4) is 0 Å². The van der Waals surface area contributed by atoms with Gasteiger partial charge in [0.2, 0.25) is 6.43 Å². The van der Waals surface area contributed by atoms with E-state index in [-0.39, 0.29) is 19.5 Å². The van der Waals surface area contributed by atoms with Gasteiger partial charge in [0.1, 0.15) is 5.60 Å². The summed E-state index contributed by atoms with van der Waals surface area (Å²) in [6, 6.07) is -0.684. The second-order valence-corrected chi connectivity index (χ2v) is 5.38. The molecule has 1 fully saturated rings. The standard InChI is InChI=1S/C11H20F2N2O2/c1-11(2,3)17-10(16)15-5-4-7(9(12)13)8(14)6-15/h7-9H,4-6,14H2,1-3H3. The van der Waals surface area contributed by atoms with Crippen molar-refractivity contribution in [3.05, 3.63) is 0 Å². The van der Waals surface area contributed by atoms with Crippen molar-refractivity contribution < 1.29 is 18.3 Å². The van der Waals surface area contributed by atoms with Gasteiger partial charge in [0.25, 0.3) is 0 Å². The molecule has 17 heavy (non-hydrogen) atoms. The lowest BCUT2D eigenvalue weighted by Gasteiger charge is -2.36. The SMILES string of the molecule is CC(C)(C)OC(=O)N1CCC(C(F)F)C(N)C1. The molecule has 1 aliphatic rings. The summed E-state index contributed by atoms with van der Waals surface area (Å²) in [5.41, 5.74) is 5.06. The van der Waals surface area contributed by atoms with Gasteiger partial charge >= 0.3 is 6.09 Å². The van der Waals surface area contributed by atoms with E-state index in [2.05, 4.69) is 0 Å². The van der Waals surface area contributed by atoms with Crippen molar-refractivity contribution in [1.82, 2.24) is 4.90 Å². The van der Waals surface area contributed by atoms with E-state index in [4.69, 9.17) is 10.5 Å². The number of halogens is 2. The number of likely N-dealkylation sites (tertiary alicyclic amines) is 1. The van der Waals surface area contributed by atoms with E-state index in [0.717, 1.165) is 0 Å². The van der Waals surface area contributed by atoms with Crippen LogP contribution in [0.3, 0.4) is 0 Å². The molecule has 0 aromatic rings. The zero-order valence-electron chi connectivity index (χ0n) is 10.5. The van der Waals surface area contributed by atoms with Gasteiger partial charge in [0.15, 0.2) is 0 Å². The fourth-order valence-electron chi connectivity index (χ4n) is 1.81. The number of carbonyl (C=O) groups excluding carboxylic acids is 1. The van der Waals surface area contributed by atoms with Gasteiger partial charge in [-0.25, -0.2) is 13.6 Å². The van der Waals surface area contributed by atoms with Gasteiger partial charge in [-0.15, -0.1) is 0 Å². The van der Waals surface area contributed by atoms with E-state index < -0.39 is 30.1 Å². The van der Waals surface area contributed by atoms with E-state index in [0.29, 0.717) is 0 Å². The van der Waals surface area contributed by atoms with Crippen LogP contribution >= 0.6 is 0 Å². The maximum atomic E-state index is 12.6. The minimum absolute atomic E-state index is 0.129.